The molecule has 2 atom stereocenters. The van der Waals surface area contributed by atoms with Crippen molar-refractivity contribution >= 4 is 5.97 Å². The Morgan fingerprint density at radius 3 is 2.32 bits per heavy atom. The first kappa shape index (κ1) is 23.8. The summed E-state index contributed by atoms with van der Waals surface area (Å²) in [5.41, 5.74) is 5.02. The summed E-state index contributed by atoms with van der Waals surface area (Å²) in [7, 11) is 3.22. The zero-order valence-electron chi connectivity index (χ0n) is 19.9. The molecule has 0 amide bonds. The number of carboxylic acid groups (broad SMARTS) is 1. The number of rotatable bonds is 10. The molecule has 2 aromatic carbocycles. The van der Waals surface area contributed by atoms with E-state index < -0.39 is 12.1 Å². The molecule has 7 heteroatoms. The van der Waals surface area contributed by atoms with Gasteiger partial charge in [0.2, 0.25) is 0 Å². The van der Waals surface area contributed by atoms with Gasteiger partial charge in [-0.25, -0.2) is 0 Å². The Bertz CT molecular complexity index is 1110. The van der Waals surface area contributed by atoms with E-state index in [0.29, 0.717) is 29.5 Å². The van der Waals surface area contributed by atoms with Crippen LogP contribution in [0.5, 0.6) is 11.5 Å². The van der Waals surface area contributed by atoms with Crippen LogP contribution in [0.3, 0.4) is 0 Å². The van der Waals surface area contributed by atoms with Crippen LogP contribution < -0.4 is 9.47 Å². The minimum atomic E-state index is -0.890. The minimum Gasteiger partial charge on any atom is -0.496 e. The first-order valence-electron chi connectivity index (χ1n) is 11.6. The second-order valence-electron chi connectivity index (χ2n) is 9.18. The third kappa shape index (κ3) is 5.25. The average Bonchev–Trinajstić information content (AvgIpc) is 3.43. The van der Waals surface area contributed by atoms with Crippen LogP contribution in [0.1, 0.15) is 40.3 Å². The Kier molecular flexibility index (Phi) is 7.22. The maximum absolute atomic E-state index is 11.6. The van der Waals surface area contributed by atoms with Gasteiger partial charge in [-0.05, 0) is 60.9 Å². The summed E-state index contributed by atoms with van der Waals surface area (Å²) in [6, 6.07) is 12.3. The predicted octanol–water partition coefficient (Wildman–Crippen LogP) is 3.99. The first-order valence-corrected chi connectivity index (χ1v) is 11.6. The molecule has 0 spiro atoms. The maximum atomic E-state index is 11.6. The lowest BCUT2D eigenvalue weighted by Gasteiger charge is -2.27. The molecule has 2 N–H and O–H groups in total. The highest BCUT2D eigenvalue weighted by atomic mass is 16.5. The summed E-state index contributed by atoms with van der Waals surface area (Å²) >= 11 is 0. The molecule has 1 aromatic heterocycles. The number of benzene rings is 2. The summed E-state index contributed by atoms with van der Waals surface area (Å²) in [6.07, 6.45) is 5.29. The van der Waals surface area contributed by atoms with Gasteiger partial charge in [0.25, 0.3) is 0 Å². The second kappa shape index (κ2) is 10.3. The number of nitrogens with zero attached hydrogens (tertiary/aromatic N) is 2. The zero-order chi connectivity index (χ0) is 24.2. The number of methoxy groups -OCH3 is 2. The van der Waals surface area contributed by atoms with Crippen LogP contribution in [0, 0.1) is 18.8 Å². The highest BCUT2D eigenvalue weighted by Gasteiger charge is 2.30. The van der Waals surface area contributed by atoms with Gasteiger partial charge in [-0.2, -0.15) is 5.10 Å². The van der Waals surface area contributed by atoms with Crippen LogP contribution in [0.25, 0.3) is 0 Å². The van der Waals surface area contributed by atoms with E-state index >= 15 is 0 Å². The normalized spacial score (nSPS) is 15.1. The lowest BCUT2D eigenvalue weighted by Crippen LogP contribution is -2.23. The molecule has 0 unspecified atom stereocenters. The van der Waals surface area contributed by atoms with Crippen molar-refractivity contribution in [2.45, 2.75) is 45.3 Å². The lowest BCUT2D eigenvalue weighted by atomic mass is 9.85. The fraction of sp³-hybridized carbons (Fsp3) is 0.407. The molecule has 3 aromatic rings. The van der Waals surface area contributed by atoms with Gasteiger partial charge in [0.1, 0.15) is 11.5 Å². The highest BCUT2D eigenvalue weighted by Crippen LogP contribution is 2.39. The molecule has 4 rings (SSSR count). The van der Waals surface area contributed by atoms with E-state index in [1.165, 1.54) is 11.1 Å². The number of hydrogen-bond acceptors (Lipinski definition) is 5. The number of fused-ring (bicyclic) bond motifs is 1. The Balaban J connectivity index is 1.60. The van der Waals surface area contributed by atoms with Crippen molar-refractivity contribution in [1.82, 2.24) is 9.78 Å². The molecule has 0 radical (unpaired) electrons. The largest absolute Gasteiger partial charge is 0.496 e. The summed E-state index contributed by atoms with van der Waals surface area (Å²) in [4.78, 5) is 11.1. The van der Waals surface area contributed by atoms with Crippen LogP contribution >= 0.6 is 0 Å². The number of carbonyl (C=O) groups is 1. The van der Waals surface area contributed by atoms with Crippen molar-refractivity contribution in [1.29, 1.82) is 0 Å². The van der Waals surface area contributed by atoms with Crippen LogP contribution in [-0.4, -0.2) is 40.2 Å². The molecule has 0 bridgehead atoms. The van der Waals surface area contributed by atoms with Crippen LogP contribution in [0.4, 0.5) is 0 Å². The van der Waals surface area contributed by atoms with Gasteiger partial charge in [0.05, 0.1) is 32.9 Å². The van der Waals surface area contributed by atoms with Crippen molar-refractivity contribution in [2.24, 2.45) is 11.8 Å². The lowest BCUT2D eigenvalue weighted by molar-refractivity contribution is -0.136. The smallest absolute Gasteiger partial charge is 0.307 e. The third-order valence-corrected chi connectivity index (χ3v) is 6.80. The highest BCUT2D eigenvalue weighted by molar-refractivity contribution is 5.69. The molecule has 0 aliphatic heterocycles. The summed E-state index contributed by atoms with van der Waals surface area (Å²) in [5, 5.41) is 25.0. The number of aliphatic hydroxyl groups excluding tert-OH is 1. The fourth-order valence-electron chi connectivity index (χ4n) is 5.11. The molecular weight excluding hydrogens is 432 g/mol. The van der Waals surface area contributed by atoms with E-state index in [1.54, 1.807) is 31.3 Å². The molecule has 34 heavy (non-hydrogen) atoms. The third-order valence-electron chi connectivity index (χ3n) is 6.80. The van der Waals surface area contributed by atoms with Crippen molar-refractivity contribution in [3.8, 4) is 11.5 Å². The van der Waals surface area contributed by atoms with Gasteiger partial charge in [-0.1, -0.05) is 24.3 Å². The Morgan fingerprint density at radius 1 is 1.15 bits per heavy atom. The van der Waals surface area contributed by atoms with Gasteiger partial charge in [-0.15, -0.1) is 0 Å². The maximum Gasteiger partial charge on any atom is 0.307 e. The van der Waals surface area contributed by atoms with Crippen molar-refractivity contribution in [2.75, 3.05) is 14.2 Å². The second-order valence-corrected chi connectivity index (χ2v) is 9.18. The van der Waals surface area contributed by atoms with E-state index in [-0.39, 0.29) is 12.3 Å². The number of aliphatic carboxylic acids is 1. The van der Waals surface area contributed by atoms with E-state index in [9.17, 15) is 9.90 Å². The van der Waals surface area contributed by atoms with Gasteiger partial charge >= 0.3 is 5.97 Å². The molecule has 0 saturated carbocycles. The van der Waals surface area contributed by atoms with Crippen LogP contribution in [0.2, 0.25) is 0 Å². The summed E-state index contributed by atoms with van der Waals surface area (Å²) in [6.45, 7) is 2.40. The Labute approximate surface area is 200 Å². The van der Waals surface area contributed by atoms with E-state index in [2.05, 4.69) is 29.4 Å². The van der Waals surface area contributed by atoms with Gasteiger partial charge in [0.15, 0.2) is 0 Å². The topological polar surface area (TPSA) is 93.8 Å². The van der Waals surface area contributed by atoms with E-state index in [4.69, 9.17) is 14.6 Å². The van der Waals surface area contributed by atoms with E-state index in [1.807, 2.05) is 19.1 Å². The molecule has 1 aliphatic carbocycles. The SMILES string of the molecule is COc1cc([C@@H](O)[C@H](CC2Cc3ccccc3C2)Cn2cc(CC(=O)O)cn2)cc(OC)c1C. The molecule has 7 nitrogen and oxygen atoms in total. The first-order chi connectivity index (χ1) is 16.4. The van der Waals surface area contributed by atoms with Gasteiger partial charge < -0.3 is 19.7 Å². The standard InChI is InChI=1S/C27H32N2O5/c1-17-24(33-2)12-22(13-25(17)34-3)27(32)23(16-29-15-19(14-28-29)11-26(30)31)10-18-8-20-6-4-5-7-21(20)9-18/h4-7,12-15,18,23,27,32H,8-11,16H2,1-3H3,(H,30,31)/t23-,27-/m1/s1. The van der Waals surface area contributed by atoms with Crippen LogP contribution in [0.15, 0.2) is 48.8 Å². The Morgan fingerprint density at radius 2 is 1.76 bits per heavy atom. The average molecular weight is 465 g/mol. The quantitative estimate of drug-likeness (QED) is 0.471. The molecule has 180 valence electrons. The minimum absolute atomic E-state index is 0.0719. The molecule has 1 aliphatic rings. The summed E-state index contributed by atoms with van der Waals surface area (Å²) in [5.74, 6) is 0.736. The van der Waals surface area contributed by atoms with Crippen molar-refractivity contribution in [3.05, 3.63) is 76.6 Å². The molecule has 0 saturated heterocycles. The number of hydrogen-bond donors (Lipinski definition) is 2. The van der Waals surface area contributed by atoms with E-state index in [0.717, 1.165) is 30.4 Å². The number of ether oxygens (including phenoxy) is 2. The molecule has 0 fully saturated rings. The predicted molar refractivity (Wildman–Crippen MR) is 128 cm³/mol. The number of aromatic nitrogens is 2. The number of carboxylic acids is 1. The Hall–Kier alpha value is -3.32. The molecular formula is C27H32N2O5. The van der Waals surface area contributed by atoms with Gasteiger partial charge in [-0.3, -0.25) is 9.48 Å². The van der Waals surface area contributed by atoms with Crippen LogP contribution in [-0.2, 0) is 30.6 Å². The number of aliphatic hydroxyl groups is 1. The van der Waals surface area contributed by atoms with Crippen molar-refractivity contribution < 1.29 is 24.5 Å². The molecule has 1 heterocycles. The monoisotopic (exact) mass is 464 g/mol. The summed E-state index contributed by atoms with van der Waals surface area (Å²) < 4.78 is 12.8. The zero-order valence-corrected chi connectivity index (χ0v) is 19.9. The van der Waals surface area contributed by atoms with Crippen molar-refractivity contribution in [3.63, 3.8) is 0 Å². The fourth-order valence-corrected chi connectivity index (χ4v) is 5.11. The van der Waals surface area contributed by atoms with Gasteiger partial charge in [0, 0.05) is 29.8 Å².